The SMILES string of the molecule is CCNC(=NCc1ccc(CN2CCCCC2)cc1)NCC(C)CN1CCN(CC)CC1. The lowest BCUT2D eigenvalue weighted by Crippen LogP contribution is -2.48. The zero-order valence-corrected chi connectivity index (χ0v) is 20.8. The molecule has 0 aromatic heterocycles. The van der Waals surface area contributed by atoms with Gasteiger partial charge in [0.25, 0.3) is 0 Å². The minimum Gasteiger partial charge on any atom is -0.357 e. The number of piperidine rings is 1. The van der Waals surface area contributed by atoms with E-state index >= 15 is 0 Å². The Kier molecular flexibility index (Phi) is 10.8. The number of piperazine rings is 1. The van der Waals surface area contributed by atoms with Crippen molar-refractivity contribution in [2.45, 2.75) is 53.1 Å². The van der Waals surface area contributed by atoms with Gasteiger partial charge in [0.1, 0.15) is 0 Å². The van der Waals surface area contributed by atoms with Gasteiger partial charge in [-0.05, 0) is 56.4 Å². The van der Waals surface area contributed by atoms with Crippen molar-refractivity contribution in [3.63, 3.8) is 0 Å². The second-order valence-electron chi connectivity index (χ2n) is 9.57. The van der Waals surface area contributed by atoms with Gasteiger partial charge >= 0.3 is 0 Å². The highest BCUT2D eigenvalue weighted by Crippen LogP contribution is 2.14. The number of likely N-dealkylation sites (tertiary alicyclic amines) is 1. The van der Waals surface area contributed by atoms with Crippen LogP contribution in [0, 0.1) is 5.92 Å². The van der Waals surface area contributed by atoms with Gasteiger partial charge in [0.2, 0.25) is 0 Å². The van der Waals surface area contributed by atoms with E-state index in [1.807, 2.05) is 0 Å². The van der Waals surface area contributed by atoms with Gasteiger partial charge < -0.3 is 20.4 Å². The molecule has 0 amide bonds. The fourth-order valence-corrected chi connectivity index (χ4v) is 4.70. The number of guanidine groups is 1. The standard InChI is InChI=1S/C26H46N6/c1-4-27-26(28-19-23(3)21-32-17-15-30(5-2)16-18-32)29-20-24-9-11-25(12-10-24)22-31-13-7-6-8-14-31/h9-12,23H,4-8,13-22H2,1-3H3,(H2,27,28,29). The van der Waals surface area contributed by atoms with Crippen LogP contribution < -0.4 is 10.6 Å². The van der Waals surface area contributed by atoms with E-state index in [1.165, 1.54) is 76.2 Å². The summed E-state index contributed by atoms with van der Waals surface area (Å²) in [4.78, 5) is 12.6. The molecule has 2 N–H and O–H groups in total. The smallest absolute Gasteiger partial charge is 0.191 e. The van der Waals surface area contributed by atoms with E-state index in [9.17, 15) is 0 Å². The number of aliphatic imine (C=N–C) groups is 1. The Hall–Kier alpha value is -1.63. The van der Waals surface area contributed by atoms with Gasteiger partial charge in [-0.25, -0.2) is 4.99 Å². The molecule has 6 heteroatoms. The first-order valence-electron chi connectivity index (χ1n) is 12.9. The third-order valence-electron chi connectivity index (χ3n) is 6.74. The Morgan fingerprint density at radius 2 is 1.50 bits per heavy atom. The molecule has 180 valence electrons. The highest BCUT2D eigenvalue weighted by molar-refractivity contribution is 5.79. The van der Waals surface area contributed by atoms with E-state index in [2.05, 4.69) is 70.4 Å². The second-order valence-corrected chi connectivity index (χ2v) is 9.57. The fraction of sp³-hybridized carbons (Fsp3) is 0.731. The van der Waals surface area contributed by atoms with Gasteiger partial charge in [0.15, 0.2) is 5.96 Å². The zero-order chi connectivity index (χ0) is 22.6. The minimum atomic E-state index is 0.598. The van der Waals surface area contributed by atoms with Crippen LogP contribution in [0.15, 0.2) is 29.3 Å². The van der Waals surface area contributed by atoms with Gasteiger partial charge in [0.05, 0.1) is 6.54 Å². The van der Waals surface area contributed by atoms with Gasteiger partial charge in [-0.3, -0.25) is 4.90 Å². The molecule has 0 bridgehead atoms. The van der Waals surface area contributed by atoms with Crippen LogP contribution in [-0.2, 0) is 13.1 Å². The molecule has 1 atom stereocenters. The first-order chi connectivity index (χ1) is 15.7. The van der Waals surface area contributed by atoms with Crippen LogP contribution in [0.1, 0.15) is 51.2 Å². The van der Waals surface area contributed by atoms with Crippen LogP contribution in [0.4, 0.5) is 0 Å². The van der Waals surface area contributed by atoms with Crippen molar-refractivity contribution in [2.24, 2.45) is 10.9 Å². The monoisotopic (exact) mass is 442 g/mol. The Morgan fingerprint density at radius 3 is 2.16 bits per heavy atom. The summed E-state index contributed by atoms with van der Waals surface area (Å²) >= 11 is 0. The fourth-order valence-electron chi connectivity index (χ4n) is 4.70. The summed E-state index contributed by atoms with van der Waals surface area (Å²) < 4.78 is 0. The molecule has 1 unspecified atom stereocenters. The Bertz CT molecular complexity index is 659. The third-order valence-corrected chi connectivity index (χ3v) is 6.74. The molecular weight excluding hydrogens is 396 g/mol. The number of nitrogens with one attached hydrogen (secondary N) is 2. The number of rotatable bonds is 10. The van der Waals surface area contributed by atoms with Crippen molar-refractivity contribution in [1.82, 2.24) is 25.3 Å². The van der Waals surface area contributed by atoms with E-state index in [0.717, 1.165) is 32.1 Å². The maximum atomic E-state index is 4.83. The maximum absolute atomic E-state index is 4.83. The van der Waals surface area contributed by atoms with E-state index in [0.29, 0.717) is 12.5 Å². The van der Waals surface area contributed by atoms with Crippen LogP contribution in [-0.4, -0.2) is 86.1 Å². The quantitative estimate of drug-likeness (QED) is 0.431. The molecule has 2 heterocycles. The maximum Gasteiger partial charge on any atom is 0.191 e. The van der Waals surface area contributed by atoms with E-state index in [-0.39, 0.29) is 0 Å². The summed E-state index contributed by atoms with van der Waals surface area (Å²) in [6, 6.07) is 9.04. The van der Waals surface area contributed by atoms with Crippen LogP contribution in [0.3, 0.4) is 0 Å². The molecule has 2 aliphatic heterocycles. The topological polar surface area (TPSA) is 46.1 Å². The number of likely N-dealkylation sites (N-methyl/N-ethyl adjacent to an activating group) is 1. The third kappa shape index (κ3) is 8.72. The molecule has 0 saturated carbocycles. The predicted octanol–water partition coefficient (Wildman–Crippen LogP) is 3.00. The van der Waals surface area contributed by atoms with Gasteiger partial charge in [0, 0.05) is 52.4 Å². The first-order valence-corrected chi connectivity index (χ1v) is 12.9. The molecule has 0 radical (unpaired) electrons. The van der Waals surface area contributed by atoms with Crippen LogP contribution in [0.5, 0.6) is 0 Å². The lowest BCUT2D eigenvalue weighted by molar-refractivity contribution is 0.124. The Balaban J connectivity index is 1.41. The first kappa shape index (κ1) is 25.0. The predicted molar refractivity (Wildman–Crippen MR) is 136 cm³/mol. The van der Waals surface area contributed by atoms with Gasteiger partial charge in [-0.2, -0.15) is 0 Å². The van der Waals surface area contributed by atoms with Crippen molar-refractivity contribution in [3.8, 4) is 0 Å². The molecule has 2 fully saturated rings. The number of benzene rings is 1. The average Bonchev–Trinajstić information content (AvgIpc) is 2.83. The highest BCUT2D eigenvalue weighted by atomic mass is 15.3. The average molecular weight is 443 g/mol. The molecule has 2 saturated heterocycles. The van der Waals surface area contributed by atoms with Crippen molar-refractivity contribution >= 4 is 5.96 Å². The second kappa shape index (κ2) is 13.8. The van der Waals surface area contributed by atoms with E-state index in [4.69, 9.17) is 4.99 Å². The molecule has 1 aromatic carbocycles. The van der Waals surface area contributed by atoms with Crippen molar-refractivity contribution in [3.05, 3.63) is 35.4 Å². The van der Waals surface area contributed by atoms with Gasteiger partial charge in [-0.15, -0.1) is 0 Å². The molecule has 32 heavy (non-hydrogen) atoms. The van der Waals surface area contributed by atoms with Crippen molar-refractivity contribution in [1.29, 1.82) is 0 Å². The summed E-state index contributed by atoms with van der Waals surface area (Å²) in [7, 11) is 0. The molecular formula is C26H46N6. The summed E-state index contributed by atoms with van der Waals surface area (Å²) in [5, 5.41) is 6.96. The largest absolute Gasteiger partial charge is 0.357 e. The van der Waals surface area contributed by atoms with Crippen molar-refractivity contribution < 1.29 is 0 Å². The summed E-state index contributed by atoms with van der Waals surface area (Å²) in [5.74, 6) is 1.52. The van der Waals surface area contributed by atoms with Crippen LogP contribution in [0.25, 0.3) is 0 Å². The number of nitrogens with zero attached hydrogens (tertiary/aromatic N) is 4. The number of hydrogen-bond acceptors (Lipinski definition) is 4. The van der Waals surface area contributed by atoms with Gasteiger partial charge in [-0.1, -0.05) is 44.5 Å². The molecule has 6 nitrogen and oxygen atoms in total. The Morgan fingerprint density at radius 1 is 0.844 bits per heavy atom. The van der Waals surface area contributed by atoms with E-state index in [1.54, 1.807) is 0 Å². The molecule has 0 aliphatic carbocycles. The lowest BCUT2D eigenvalue weighted by Gasteiger charge is -2.35. The molecule has 0 spiro atoms. The van der Waals surface area contributed by atoms with Crippen LogP contribution >= 0.6 is 0 Å². The summed E-state index contributed by atoms with van der Waals surface area (Å²) in [6.07, 6.45) is 4.09. The summed E-state index contributed by atoms with van der Waals surface area (Å²) in [5.41, 5.74) is 2.68. The molecule has 1 aromatic rings. The normalized spacial score (nSPS) is 20.3. The lowest BCUT2D eigenvalue weighted by atomic mass is 10.1. The van der Waals surface area contributed by atoms with E-state index < -0.39 is 0 Å². The Labute approximate surface area is 196 Å². The molecule has 3 rings (SSSR count). The molecule has 2 aliphatic rings. The number of hydrogen-bond donors (Lipinski definition) is 2. The highest BCUT2D eigenvalue weighted by Gasteiger charge is 2.17. The van der Waals surface area contributed by atoms with Crippen molar-refractivity contribution in [2.75, 3.05) is 65.4 Å². The zero-order valence-electron chi connectivity index (χ0n) is 20.8. The van der Waals surface area contributed by atoms with Crippen LogP contribution in [0.2, 0.25) is 0 Å². The minimum absolute atomic E-state index is 0.598. The summed E-state index contributed by atoms with van der Waals surface area (Å²) in [6.45, 7) is 20.0.